The summed E-state index contributed by atoms with van der Waals surface area (Å²) in [5, 5.41) is 10.9. The van der Waals surface area contributed by atoms with Crippen molar-refractivity contribution in [3.8, 4) is 0 Å². The van der Waals surface area contributed by atoms with Crippen molar-refractivity contribution in [2.75, 3.05) is 19.7 Å². The van der Waals surface area contributed by atoms with E-state index < -0.39 is 16.0 Å². The molecule has 6 nitrogen and oxygen atoms in total. The lowest BCUT2D eigenvalue weighted by Crippen LogP contribution is -2.40. The SMILES string of the molecule is O=C([O-])c1ccc(S(=O)(=O)N(C[C@H]2CC=CCC2)C[C@H]2CCCO2)cc1. The van der Waals surface area contributed by atoms with Gasteiger partial charge in [-0.05, 0) is 55.7 Å². The maximum atomic E-state index is 13.2. The third kappa shape index (κ3) is 4.52. The molecule has 1 heterocycles. The van der Waals surface area contributed by atoms with Gasteiger partial charge in [0.05, 0.1) is 17.0 Å². The summed E-state index contributed by atoms with van der Waals surface area (Å²) in [5.41, 5.74) is -0.0351. The number of benzene rings is 1. The predicted octanol–water partition coefficient (Wildman–Crippen LogP) is 1.58. The predicted molar refractivity (Wildman–Crippen MR) is 95.0 cm³/mol. The monoisotopic (exact) mass is 378 g/mol. The van der Waals surface area contributed by atoms with Gasteiger partial charge < -0.3 is 14.6 Å². The van der Waals surface area contributed by atoms with Gasteiger partial charge in [-0.1, -0.05) is 24.3 Å². The van der Waals surface area contributed by atoms with Gasteiger partial charge in [-0.25, -0.2) is 8.42 Å². The van der Waals surface area contributed by atoms with Gasteiger partial charge in [-0.2, -0.15) is 4.31 Å². The second-order valence-corrected chi connectivity index (χ2v) is 8.86. The third-order valence-electron chi connectivity index (χ3n) is 5.00. The topological polar surface area (TPSA) is 86.7 Å². The minimum Gasteiger partial charge on any atom is -0.545 e. The molecule has 2 atom stereocenters. The zero-order chi connectivity index (χ0) is 18.6. The lowest BCUT2D eigenvalue weighted by molar-refractivity contribution is -0.255. The lowest BCUT2D eigenvalue weighted by atomic mass is 9.94. The van der Waals surface area contributed by atoms with Crippen molar-refractivity contribution in [3.63, 3.8) is 0 Å². The molecule has 0 spiro atoms. The van der Waals surface area contributed by atoms with Crippen LogP contribution in [0, 0.1) is 5.92 Å². The number of aromatic carboxylic acids is 1. The summed E-state index contributed by atoms with van der Waals surface area (Å²) in [6.45, 7) is 1.46. The number of nitrogens with zero attached hydrogens (tertiary/aromatic N) is 1. The number of allylic oxidation sites excluding steroid dienone is 2. The van der Waals surface area contributed by atoms with E-state index in [0.29, 0.717) is 25.6 Å². The van der Waals surface area contributed by atoms with E-state index in [1.165, 1.54) is 28.6 Å². The van der Waals surface area contributed by atoms with Crippen molar-refractivity contribution in [1.82, 2.24) is 4.31 Å². The van der Waals surface area contributed by atoms with Gasteiger partial charge in [-0.3, -0.25) is 0 Å². The molecule has 7 heteroatoms. The molecule has 0 saturated carbocycles. The van der Waals surface area contributed by atoms with E-state index in [-0.39, 0.29) is 16.6 Å². The average Bonchev–Trinajstić information content (AvgIpc) is 3.15. The van der Waals surface area contributed by atoms with Gasteiger partial charge in [-0.15, -0.1) is 0 Å². The van der Waals surface area contributed by atoms with Gasteiger partial charge >= 0.3 is 0 Å². The Morgan fingerprint density at radius 3 is 2.50 bits per heavy atom. The Balaban J connectivity index is 1.82. The highest BCUT2D eigenvalue weighted by atomic mass is 32.2. The number of carboxylic acids is 1. The van der Waals surface area contributed by atoms with Crippen LogP contribution in [-0.2, 0) is 14.8 Å². The average molecular weight is 378 g/mol. The highest BCUT2D eigenvalue weighted by Gasteiger charge is 2.31. The summed E-state index contributed by atoms with van der Waals surface area (Å²) >= 11 is 0. The number of rotatable bonds is 7. The van der Waals surface area contributed by atoms with Crippen LogP contribution in [0.5, 0.6) is 0 Å². The van der Waals surface area contributed by atoms with Crippen LogP contribution in [-0.4, -0.2) is 44.5 Å². The molecule has 1 aromatic carbocycles. The van der Waals surface area contributed by atoms with E-state index in [1.54, 1.807) is 0 Å². The molecule has 1 saturated heterocycles. The van der Waals surface area contributed by atoms with Crippen LogP contribution in [0.2, 0.25) is 0 Å². The molecule has 2 aliphatic rings. The van der Waals surface area contributed by atoms with Crippen molar-refractivity contribution in [2.45, 2.75) is 43.1 Å². The van der Waals surface area contributed by atoms with E-state index in [2.05, 4.69) is 12.2 Å². The molecule has 1 aromatic rings. The van der Waals surface area contributed by atoms with Crippen molar-refractivity contribution in [2.24, 2.45) is 5.92 Å². The van der Waals surface area contributed by atoms with E-state index in [4.69, 9.17) is 4.74 Å². The van der Waals surface area contributed by atoms with Gasteiger partial charge in [0, 0.05) is 19.7 Å². The molecule has 0 radical (unpaired) electrons. The largest absolute Gasteiger partial charge is 0.545 e. The number of sulfonamides is 1. The van der Waals surface area contributed by atoms with E-state index in [0.717, 1.165) is 32.1 Å². The summed E-state index contributed by atoms with van der Waals surface area (Å²) in [6.07, 6.45) is 8.79. The molecule has 0 aromatic heterocycles. The molecule has 3 rings (SSSR count). The van der Waals surface area contributed by atoms with Crippen molar-refractivity contribution < 1.29 is 23.1 Å². The van der Waals surface area contributed by atoms with Crippen LogP contribution in [0.15, 0.2) is 41.3 Å². The van der Waals surface area contributed by atoms with Crippen LogP contribution in [0.3, 0.4) is 0 Å². The molecule has 1 fully saturated rings. The Morgan fingerprint density at radius 1 is 1.15 bits per heavy atom. The molecule has 0 amide bonds. The Kier molecular flexibility index (Phi) is 6.11. The second-order valence-electron chi connectivity index (χ2n) is 6.92. The Labute approximate surface area is 154 Å². The smallest absolute Gasteiger partial charge is 0.243 e. The molecule has 0 unspecified atom stereocenters. The molecule has 0 bridgehead atoms. The van der Waals surface area contributed by atoms with E-state index in [9.17, 15) is 18.3 Å². The maximum Gasteiger partial charge on any atom is 0.243 e. The van der Waals surface area contributed by atoms with Crippen molar-refractivity contribution in [3.05, 3.63) is 42.0 Å². The van der Waals surface area contributed by atoms with Crippen LogP contribution >= 0.6 is 0 Å². The first-order valence-corrected chi connectivity index (χ1v) is 10.5. The fraction of sp³-hybridized carbons (Fsp3) is 0.526. The summed E-state index contributed by atoms with van der Waals surface area (Å²) in [7, 11) is -3.71. The molecule has 1 aliphatic carbocycles. The quantitative estimate of drug-likeness (QED) is 0.672. The number of hydrogen-bond donors (Lipinski definition) is 0. The Hall–Kier alpha value is -1.70. The number of hydrogen-bond acceptors (Lipinski definition) is 5. The third-order valence-corrected chi connectivity index (χ3v) is 6.84. The number of carbonyl (C=O) groups is 1. The molecular formula is C19H24NO5S-. The standard InChI is InChI=1S/C19H25NO5S/c21-19(22)16-8-10-18(11-9-16)26(23,24)20(14-17-7-4-12-25-17)13-15-5-2-1-3-6-15/h1-2,8-11,15,17H,3-7,12-14H2,(H,21,22)/p-1/t15-,17+/m0/s1. The Morgan fingerprint density at radius 2 is 1.92 bits per heavy atom. The molecule has 142 valence electrons. The highest BCUT2D eigenvalue weighted by molar-refractivity contribution is 7.89. The fourth-order valence-electron chi connectivity index (χ4n) is 3.51. The second kappa shape index (κ2) is 8.33. The van der Waals surface area contributed by atoms with Crippen LogP contribution in [0.4, 0.5) is 0 Å². The minimum atomic E-state index is -3.71. The van der Waals surface area contributed by atoms with E-state index in [1.807, 2.05) is 0 Å². The van der Waals surface area contributed by atoms with Gasteiger partial charge in [0.1, 0.15) is 0 Å². The fourth-order valence-corrected chi connectivity index (χ4v) is 5.06. The maximum absolute atomic E-state index is 13.2. The van der Waals surface area contributed by atoms with E-state index >= 15 is 0 Å². The van der Waals surface area contributed by atoms with Crippen molar-refractivity contribution >= 4 is 16.0 Å². The van der Waals surface area contributed by atoms with Gasteiger partial charge in [0.15, 0.2) is 0 Å². The number of carbonyl (C=O) groups excluding carboxylic acids is 1. The van der Waals surface area contributed by atoms with Gasteiger partial charge in [0.2, 0.25) is 10.0 Å². The molecule has 0 N–H and O–H groups in total. The van der Waals surface area contributed by atoms with Gasteiger partial charge in [0.25, 0.3) is 0 Å². The Bertz CT molecular complexity index is 751. The summed E-state index contributed by atoms with van der Waals surface area (Å²) in [5.74, 6) is -1.03. The number of carboxylic acid groups (broad SMARTS) is 1. The first-order valence-electron chi connectivity index (χ1n) is 9.05. The molecule has 1 aliphatic heterocycles. The summed E-state index contributed by atoms with van der Waals surface area (Å²) in [4.78, 5) is 11.0. The van der Waals surface area contributed by atoms with Crippen molar-refractivity contribution in [1.29, 1.82) is 0 Å². The number of ether oxygens (including phenoxy) is 1. The molecule has 26 heavy (non-hydrogen) atoms. The van der Waals surface area contributed by atoms with Crippen LogP contribution < -0.4 is 5.11 Å². The molecular weight excluding hydrogens is 354 g/mol. The summed E-state index contributed by atoms with van der Waals surface area (Å²) < 4.78 is 33.5. The first kappa shape index (κ1) is 19.1. The normalized spacial score (nSPS) is 23.4. The van der Waals surface area contributed by atoms with Crippen LogP contribution in [0.25, 0.3) is 0 Å². The summed E-state index contributed by atoms with van der Waals surface area (Å²) in [6, 6.07) is 5.22. The first-order chi connectivity index (χ1) is 12.5. The highest BCUT2D eigenvalue weighted by Crippen LogP contribution is 2.25. The zero-order valence-corrected chi connectivity index (χ0v) is 15.5. The lowest BCUT2D eigenvalue weighted by Gasteiger charge is -2.29. The van der Waals surface area contributed by atoms with Crippen LogP contribution in [0.1, 0.15) is 42.5 Å². The zero-order valence-electron chi connectivity index (χ0n) is 14.7. The minimum absolute atomic E-state index is 0.0351.